The van der Waals surface area contributed by atoms with Gasteiger partial charge in [-0.1, -0.05) is 6.92 Å². The molecule has 2 heterocycles. The Hall–Kier alpha value is -0.610. The van der Waals surface area contributed by atoms with E-state index in [1.54, 1.807) is 11.3 Å². The summed E-state index contributed by atoms with van der Waals surface area (Å²) in [5, 5.41) is 0.683. The van der Waals surface area contributed by atoms with Crippen molar-refractivity contribution in [2.45, 2.75) is 19.9 Å². The molecule has 13 heavy (non-hydrogen) atoms. The Balaban J connectivity index is 1.91. The second kappa shape index (κ2) is 3.64. The molecule has 0 bridgehead atoms. The first-order valence-electron chi connectivity index (χ1n) is 4.66. The van der Waals surface area contributed by atoms with Crippen LogP contribution in [0, 0.1) is 5.92 Å². The minimum atomic E-state index is 0.683. The van der Waals surface area contributed by atoms with Crippen molar-refractivity contribution in [2.75, 3.05) is 18.8 Å². The lowest BCUT2D eigenvalue weighted by Gasteiger charge is -2.12. The summed E-state index contributed by atoms with van der Waals surface area (Å²) in [4.78, 5) is 7.80. The van der Waals surface area contributed by atoms with Gasteiger partial charge in [0.1, 0.15) is 0 Å². The normalized spacial score (nSPS) is 23.9. The molecule has 1 unspecified atom stereocenters. The fraction of sp³-hybridized carbons (Fsp3) is 0.667. The van der Waals surface area contributed by atoms with Gasteiger partial charge >= 0.3 is 0 Å². The smallest absolute Gasteiger partial charge is 0.180 e. The van der Waals surface area contributed by atoms with Crippen LogP contribution in [0.2, 0.25) is 0 Å². The van der Waals surface area contributed by atoms with Gasteiger partial charge in [-0.3, -0.25) is 4.90 Å². The average molecular weight is 197 g/mol. The van der Waals surface area contributed by atoms with Crippen LogP contribution in [-0.4, -0.2) is 23.0 Å². The Morgan fingerprint density at radius 2 is 2.62 bits per heavy atom. The number of nitrogens with two attached hydrogens (primary N) is 1. The molecule has 0 saturated carbocycles. The van der Waals surface area contributed by atoms with E-state index in [1.165, 1.54) is 24.4 Å². The lowest BCUT2D eigenvalue weighted by Crippen LogP contribution is -2.18. The monoisotopic (exact) mass is 197 g/mol. The number of thiazole rings is 1. The van der Waals surface area contributed by atoms with E-state index in [1.807, 2.05) is 6.20 Å². The van der Waals surface area contributed by atoms with Crippen molar-refractivity contribution < 1.29 is 0 Å². The molecule has 1 atom stereocenters. The topological polar surface area (TPSA) is 42.2 Å². The van der Waals surface area contributed by atoms with E-state index in [4.69, 9.17) is 5.73 Å². The SMILES string of the molecule is CC1CCN(Cc2cnc(N)s2)C1. The second-order valence-electron chi connectivity index (χ2n) is 3.79. The quantitative estimate of drug-likeness (QED) is 0.782. The van der Waals surface area contributed by atoms with Crippen LogP contribution in [0.1, 0.15) is 18.2 Å². The van der Waals surface area contributed by atoms with Gasteiger partial charge in [0.05, 0.1) is 0 Å². The third-order valence-corrected chi connectivity index (χ3v) is 3.27. The fourth-order valence-electron chi connectivity index (χ4n) is 1.79. The largest absolute Gasteiger partial charge is 0.375 e. The maximum absolute atomic E-state index is 5.57. The molecular weight excluding hydrogens is 182 g/mol. The van der Waals surface area contributed by atoms with Crippen LogP contribution >= 0.6 is 11.3 Å². The Morgan fingerprint density at radius 3 is 3.15 bits per heavy atom. The highest BCUT2D eigenvalue weighted by molar-refractivity contribution is 7.15. The molecule has 0 aliphatic carbocycles. The molecule has 1 fully saturated rings. The fourth-order valence-corrected chi connectivity index (χ4v) is 2.51. The van der Waals surface area contributed by atoms with Crippen molar-refractivity contribution >= 4 is 16.5 Å². The zero-order chi connectivity index (χ0) is 9.26. The molecule has 0 aromatic carbocycles. The number of hydrogen-bond donors (Lipinski definition) is 1. The van der Waals surface area contributed by atoms with Crippen molar-refractivity contribution in [2.24, 2.45) is 5.92 Å². The zero-order valence-electron chi connectivity index (χ0n) is 7.86. The summed E-state index contributed by atoms with van der Waals surface area (Å²) < 4.78 is 0. The van der Waals surface area contributed by atoms with E-state index in [0.717, 1.165) is 12.5 Å². The molecule has 0 radical (unpaired) electrons. The van der Waals surface area contributed by atoms with Crippen molar-refractivity contribution in [3.05, 3.63) is 11.1 Å². The number of rotatable bonds is 2. The maximum atomic E-state index is 5.57. The van der Waals surface area contributed by atoms with E-state index in [2.05, 4.69) is 16.8 Å². The molecule has 1 aromatic rings. The summed E-state index contributed by atoms with van der Waals surface area (Å²) in [7, 11) is 0. The molecule has 1 aliphatic heterocycles. The molecule has 2 rings (SSSR count). The summed E-state index contributed by atoms with van der Waals surface area (Å²) in [5.41, 5.74) is 5.57. The summed E-state index contributed by atoms with van der Waals surface area (Å²) in [5.74, 6) is 0.852. The predicted octanol–water partition coefficient (Wildman–Crippen LogP) is 1.57. The summed E-state index contributed by atoms with van der Waals surface area (Å²) in [6.45, 7) is 5.77. The van der Waals surface area contributed by atoms with E-state index in [0.29, 0.717) is 5.13 Å². The molecule has 1 aliphatic rings. The number of anilines is 1. The Bertz CT molecular complexity index is 284. The first-order valence-corrected chi connectivity index (χ1v) is 5.48. The number of hydrogen-bond acceptors (Lipinski definition) is 4. The van der Waals surface area contributed by atoms with Crippen molar-refractivity contribution in [1.82, 2.24) is 9.88 Å². The number of aromatic nitrogens is 1. The molecule has 0 spiro atoms. The van der Waals surface area contributed by atoms with Crippen molar-refractivity contribution in [1.29, 1.82) is 0 Å². The van der Waals surface area contributed by atoms with Crippen LogP contribution in [-0.2, 0) is 6.54 Å². The molecule has 4 heteroatoms. The van der Waals surface area contributed by atoms with Crippen LogP contribution in [0.15, 0.2) is 6.20 Å². The van der Waals surface area contributed by atoms with Crippen LogP contribution in [0.4, 0.5) is 5.13 Å². The summed E-state index contributed by atoms with van der Waals surface area (Å²) >= 11 is 1.60. The molecule has 0 amide bonds. The third kappa shape index (κ3) is 2.19. The van der Waals surface area contributed by atoms with Crippen molar-refractivity contribution in [3.8, 4) is 0 Å². The van der Waals surface area contributed by atoms with Crippen LogP contribution in [0.25, 0.3) is 0 Å². The number of nitrogens with zero attached hydrogens (tertiary/aromatic N) is 2. The molecule has 1 aromatic heterocycles. The number of nitrogen functional groups attached to an aromatic ring is 1. The van der Waals surface area contributed by atoms with E-state index in [-0.39, 0.29) is 0 Å². The standard InChI is InChI=1S/C9H15N3S/c1-7-2-3-12(5-7)6-8-4-11-9(10)13-8/h4,7H,2-3,5-6H2,1H3,(H2,10,11). The Kier molecular flexibility index (Phi) is 2.51. The van der Waals surface area contributed by atoms with Gasteiger partial charge in [-0.15, -0.1) is 11.3 Å². The van der Waals surface area contributed by atoms with Crippen LogP contribution in [0.3, 0.4) is 0 Å². The Morgan fingerprint density at radius 1 is 1.77 bits per heavy atom. The van der Waals surface area contributed by atoms with Crippen LogP contribution < -0.4 is 5.73 Å². The van der Waals surface area contributed by atoms with Crippen LogP contribution in [0.5, 0.6) is 0 Å². The highest BCUT2D eigenvalue weighted by atomic mass is 32.1. The minimum Gasteiger partial charge on any atom is -0.375 e. The third-order valence-electron chi connectivity index (χ3n) is 2.46. The van der Waals surface area contributed by atoms with Gasteiger partial charge in [0.15, 0.2) is 5.13 Å². The van der Waals surface area contributed by atoms with E-state index in [9.17, 15) is 0 Å². The van der Waals surface area contributed by atoms with Crippen molar-refractivity contribution in [3.63, 3.8) is 0 Å². The van der Waals surface area contributed by atoms with E-state index < -0.39 is 0 Å². The van der Waals surface area contributed by atoms with Gasteiger partial charge in [0.25, 0.3) is 0 Å². The van der Waals surface area contributed by atoms with Gasteiger partial charge in [-0.05, 0) is 18.9 Å². The Labute approximate surface area is 82.6 Å². The van der Waals surface area contributed by atoms with Gasteiger partial charge in [0.2, 0.25) is 0 Å². The highest BCUT2D eigenvalue weighted by Crippen LogP contribution is 2.21. The lowest BCUT2D eigenvalue weighted by molar-refractivity contribution is 0.323. The average Bonchev–Trinajstić information content (AvgIpc) is 2.62. The molecule has 1 saturated heterocycles. The molecular formula is C9H15N3S. The first kappa shape index (κ1) is 8.97. The minimum absolute atomic E-state index is 0.683. The summed E-state index contributed by atoms with van der Waals surface area (Å²) in [6, 6.07) is 0. The molecule has 72 valence electrons. The van der Waals surface area contributed by atoms with Gasteiger partial charge in [0, 0.05) is 24.2 Å². The molecule has 2 N–H and O–H groups in total. The predicted molar refractivity (Wildman–Crippen MR) is 55.6 cm³/mol. The first-order chi connectivity index (χ1) is 6.24. The molecule has 3 nitrogen and oxygen atoms in total. The van der Waals surface area contributed by atoms with Gasteiger partial charge in [-0.2, -0.15) is 0 Å². The second-order valence-corrected chi connectivity index (χ2v) is 4.94. The lowest BCUT2D eigenvalue weighted by atomic mass is 10.2. The highest BCUT2D eigenvalue weighted by Gasteiger charge is 2.18. The zero-order valence-corrected chi connectivity index (χ0v) is 8.68. The maximum Gasteiger partial charge on any atom is 0.180 e. The van der Waals surface area contributed by atoms with Gasteiger partial charge in [-0.25, -0.2) is 4.98 Å². The summed E-state index contributed by atoms with van der Waals surface area (Å²) in [6.07, 6.45) is 3.22. The number of likely N-dealkylation sites (tertiary alicyclic amines) is 1. The van der Waals surface area contributed by atoms with Gasteiger partial charge < -0.3 is 5.73 Å². The van der Waals surface area contributed by atoms with E-state index >= 15 is 0 Å².